The van der Waals surface area contributed by atoms with Crippen LogP contribution in [0.1, 0.15) is 18.4 Å². The highest BCUT2D eigenvalue weighted by atomic mass is 79.9. The fourth-order valence-corrected chi connectivity index (χ4v) is 2.89. The van der Waals surface area contributed by atoms with Crippen molar-refractivity contribution in [1.29, 1.82) is 0 Å². The Bertz CT molecular complexity index is 378. The van der Waals surface area contributed by atoms with Crippen LogP contribution in [0.2, 0.25) is 5.02 Å². The molecule has 1 aliphatic rings. The van der Waals surface area contributed by atoms with E-state index in [4.69, 9.17) is 11.6 Å². The number of halogens is 2. The molecule has 1 saturated heterocycles. The first-order chi connectivity index (χ1) is 8.15. The van der Waals surface area contributed by atoms with Crippen molar-refractivity contribution in [3.8, 4) is 0 Å². The van der Waals surface area contributed by atoms with E-state index in [-0.39, 0.29) is 0 Å². The van der Waals surface area contributed by atoms with Gasteiger partial charge in [0.15, 0.2) is 0 Å². The largest absolute Gasteiger partial charge is 0.313 e. The van der Waals surface area contributed by atoms with Gasteiger partial charge < -0.3 is 10.2 Å². The maximum Gasteiger partial charge on any atom is 0.0451 e. The first-order valence-electron chi connectivity index (χ1n) is 6.01. The van der Waals surface area contributed by atoms with Crippen molar-refractivity contribution in [2.24, 2.45) is 0 Å². The summed E-state index contributed by atoms with van der Waals surface area (Å²) in [6, 6.07) is 6.67. The quantitative estimate of drug-likeness (QED) is 0.917. The number of hydrogen-bond donors (Lipinski definition) is 1. The summed E-state index contributed by atoms with van der Waals surface area (Å²) in [6.07, 6.45) is 2.59. The van der Waals surface area contributed by atoms with Crippen molar-refractivity contribution >= 4 is 27.5 Å². The van der Waals surface area contributed by atoms with Crippen LogP contribution in [0.4, 0.5) is 0 Å². The van der Waals surface area contributed by atoms with Crippen molar-refractivity contribution < 1.29 is 0 Å². The second kappa shape index (κ2) is 6.19. The summed E-state index contributed by atoms with van der Waals surface area (Å²) < 4.78 is 1.09. The standard InChI is InChI=1S/C13H18BrClN2/c1-17(9-12-3-2-6-16-12)8-10-7-11(14)4-5-13(10)15/h4-5,7,12,16H,2-3,6,8-9H2,1H3. The number of rotatable bonds is 4. The molecule has 1 unspecified atom stereocenters. The average Bonchev–Trinajstić information content (AvgIpc) is 2.76. The van der Waals surface area contributed by atoms with E-state index < -0.39 is 0 Å². The Labute approximate surface area is 116 Å². The molecule has 94 valence electrons. The third-order valence-corrected chi connectivity index (χ3v) is 4.00. The average molecular weight is 318 g/mol. The molecule has 0 saturated carbocycles. The monoisotopic (exact) mass is 316 g/mol. The topological polar surface area (TPSA) is 15.3 Å². The lowest BCUT2D eigenvalue weighted by Gasteiger charge is -2.21. The van der Waals surface area contributed by atoms with Gasteiger partial charge in [0.25, 0.3) is 0 Å². The van der Waals surface area contributed by atoms with Crippen molar-refractivity contribution in [1.82, 2.24) is 10.2 Å². The summed E-state index contributed by atoms with van der Waals surface area (Å²) in [6.45, 7) is 3.15. The summed E-state index contributed by atoms with van der Waals surface area (Å²) in [7, 11) is 2.15. The van der Waals surface area contributed by atoms with Crippen LogP contribution in [0.5, 0.6) is 0 Å². The van der Waals surface area contributed by atoms with E-state index in [0.29, 0.717) is 6.04 Å². The van der Waals surface area contributed by atoms with E-state index in [9.17, 15) is 0 Å². The van der Waals surface area contributed by atoms with Gasteiger partial charge in [-0.1, -0.05) is 27.5 Å². The van der Waals surface area contributed by atoms with Crippen molar-refractivity contribution in [3.63, 3.8) is 0 Å². The van der Waals surface area contributed by atoms with Crippen molar-refractivity contribution in [2.45, 2.75) is 25.4 Å². The van der Waals surface area contributed by atoms with Gasteiger partial charge in [-0.2, -0.15) is 0 Å². The highest BCUT2D eigenvalue weighted by Crippen LogP contribution is 2.22. The molecule has 0 aliphatic carbocycles. The summed E-state index contributed by atoms with van der Waals surface area (Å²) in [4.78, 5) is 2.33. The molecular formula is C13H18BrClN2. The van der Waals surface area contributed by atoms with Gasteiger partial charge in [-0.3, -0.25) is 0 Å². The molecule has 1 fully saturated rings. The second-order valence-electron chi connectivity index (χ2n) is 4.73. The van der Waals surface area contributed by atoms with Crippen molar-refractivity contribution in [3.05, 3.63) is 33.3 Å². The summed E-state index contributed by atoms with van der Waals surface area (Å²) in [5.41, 5.74) is 1.18. The van der Waals surface area contributed by atoms with Gasteiger partial charge in [0, 0.05) is 28.6 Å². The molecule has 0 spiro atoms. The molecule has 4 heteroatoms. The second-order valence-corrected chi connectivity index (χ2v) is 6.05. The zero-order valence-electron chi connectivity index (χ0n) is 10.0. The minimum atomic E-state index is 0.644. The van der Waals surface area contributed by atoms with Crippen LogP contribution in [0.25, 0.3) is 0 Å². The van der Waals surface area contributed by atoms with Gasteiger partial charge in [-0.25, -0.2) is 0 Å². The number of hydrogen-bond acceptors (Lipinski definition) is 2. The molecule has 17 heavy (non-hydrogen) atoms. The fourth-order valence-electron chi connectivity index (χ4n) is 2.31. The van der Waals surface area contributed by atoms with Gasteiger partial charge in [0.1, 0.15) is 0 Å². The van der Waals surface area contributed by atoms with E-state index in [1.54, 1.807) is 0 Å². The lowest BCUT2D eigenvalue weighted by atomic mass is 10.2. The maximum absolute atomic E-state index is 6.19. The summed E-state index contributed by atoms with van der Waals surface area (Å²) in [5, 5.41) is 4.36. The van der Waals surface area contributed by atoms with Crippen LogP contribution in [-0.2, 0) is 6.54 Å². The predicted octanol–water partition coefficient (Wildman–Crippen LogP) is 3.29. The highest BCUT2D eigenvalue weighted by molar-refractivity contribution is 9.10. The normalized spacial score (nSPS) is 20.1. The Balaban J connectivity index is 1.92. The predicted molar refractivity (Wildman–Crippen MR) is 76.5 cm³/mol. The third kappa shape index (κ3) is 3.95. The first kappa shape index (κ1) is 13.3. The Morgan fingerprint density at radius 2 is 2.35 bits per heavy atom. The van der Waals surface area contributed by atoms with E-state index in [1.807, 2.05) is 12.1 Å². The van der Waals surface area contributed by atoms with Gasteiger partial charge in [0.05, 0.1) is 0 Å². The fraction of sp³-hybridized carbons (Fsp3) is 0.538. The molecule has 1 aliphatic heterocycles. The molecule has 0 aromatic heterocycles. The summed E-state index contributed by atoms with van der Waals surface area (Å²) in [5.74, 6) is 0. The van der Waals surface area contributed by atoms with E-state index in [0.717, 1.165) is 29.1 Å². The molecule has 1 N–H and O–H groups in total. The highest BCUT2D eigenvalue weighted by Gasteiger charge is 2.16. The molecule has 1 aromatic rings. The van der Waals surface area contributed by atoms with Crippen molar-refractivity contribution in [2.75, 3.05) is 20.1 Å². The lowest BCUT2D eigenvalue weighted by Crippen LogP contribution is -2.35. The van der Waals surface area contributed by atoms with Crippen LogP contribution in [0, 0.1) is 0 Å². The van der Waals surface area contributed by atoms with Crippen LogP contribution in [0.3, 0.4) is 0 Å². The SMILES string of the molecule is CN(Cc1cc(Br)ccc1Cl)CC1CCCN1. The zero-order chi connectivity index (χ0) is 12.3. The zero-order valence-corrected chi connectivity index (χ0v) is 12.4. The van der Waals surface area contributed by atoms with Crippen LogP contribution in [-0.4, -0.2) is 31.1 Å². The molecule has 1 atom stereocenters. The Morgan fingerprint density at radius 1 is 1.53 bits per heavy atom. The molecule has 0 amide bonds. The molecule has 0 radical (unpaired) electrons. The molecule has 2 nitrogen and oxygen atoms in total. The van der Waals surface area contributed by atoms with Crippen LogP contribution >= 0.6 is 27.5 Å². The number of nitrogens with one attached hydrogen (secondary N) is 1. The molecule has 1 heterocycles. The van der Waals surface area contributed by atoms with Gasteiger partial charge in [-0.05, 0) is 50.2 Å². The number of benzene rings is 1. The maximum atomic E-state index is 6.19. The van der Waals surface area contributed by atoms with E-state index >= 15 is 0 Å². The summed E-state index contributed by atoms with van der Waals surface area (Å²) >= 11 is 9.68. The first-order valence-corrected chi connectivity index (χ1v) is 7.18. The Kier molecular flexibility index (Phi) is 4.86. The molecule has 0 bridgehead atoms. The third-order valence-electron chi connectivity index (χ3n) is 3.14. The Morgan fingerprint density at radius 3 is 3.06 bits per heavy atom. The van der Waals surface area contributed by atoms with E-state index in [1.165, 1.54) is 18.4 Å². The molecular weight excluding hydrogens is 300 g/mol. The number of likely N-dealkylation sites (N-methyl/N-ethyl adjacent to an activating group) is 1. The van der Waals surface area contributed by atoms with Crippen LogP contribution < -0.4 is 5.32 Å². The van der Waals surface area contributed by atoms with Gasteiger partial charge >= 0.3 is 0 Å². The van der Waals surface area contributed by atoms with Gasteiger partial charge in [-0.15, -0.1) is 0 Å². The Hall–Kier alpha value is -0.0900. The minimum absolute atomic E-state index is 0.644. The molecule has 1 aromatic carbocycles. The smallest absolute Gasteiger partial charge is 0.0451 e. The lowest BCUT2D eigenvalue weighted by molar-refractivity contribution is 0.293. The van der Waals surface area contributed by atoms with E-state index in [2.05, 4.69) is 39.3 Å². The molecule has 2 rings (SSSR count). The minimum Gasteiger partial charge on any atom is -0.313 e. The van der Waals surface area contributed by atoms with Gasteiger partial charge in [0.2, 0.25) is 0 Å². The number of nitrogens with zero attached hydrogens (tertiary/aromatic N) is 1. The van der Waals surface area contributed by atoms with Crippen LogP contribution in [0.15, 0.2) is 22.7 Å².